The summed E-state index contributed by atoms with van der Waals surface area (Å²) in [5, 5.41) is 11.4. The molecule has 1 aromatic carbocycles. The van der Waals surface area contributed by atoms with E-state index in [1.54, 1.807) is 0 Å². The van der Waals surface area contributed by atoms with Crippen LogP contribution in [0.1, 0.15) is 27.1 Å². The number of thioether (sulfide) groups is 1. The average Bonchev–Trinajstić information content (AvgIpc) is 2.75. The van der Waals surface area contributed by atoms with Gasteiger partial charge in [-0.3, -0.25) is 14.5 Å². The third-order valence-corrected chi connectivity index (χ3v) is 8.72. The maximum atomic E-state index is 12.7. The van der Waals surface area contributed by atoms with Crippen LogP contribution in [0.5, 0.6) is 0 Å². The predicted octanol–water partition coefficient (Wildman–Crippen LogP) is 3.20. The van der Waals surface area contributed by atoms with Crippen molar-refractivity contribution >= 4 is 93.3 Å². The lowest BCUT2D eigenvalue weighted by atomic mass is 10.1. The third kappa shape index (κ3) is 3.29. The van der Waals surface area contributed by atoms with Gasteiger partial charge in [0.1, 0.15) is 0 Å². The van der Waals surface area contributed by atoms with Crippen LogP contribution in [-0.4, -0.2) is 40.7 Å². The number of carbonyl (C=O) groups excluding carboxylic acids is 3. The number of carboxylic acids is 1. The van der Waals surface area contributed by atoms with E-state index in [9.17, 15) is 19.5 Å². The molecule has 1 heterocycles. The van der Waals surface area contributed by atoms with Gasteiger partial charge in [-0.15, -0.1) is 0 Å². The Morgan fingerprint density at radius 2 is 1.48 bits per heavy atom. The Kier molecular flexibility index (Phi) is 6.38. The molecule has 23 heavy (non-hydrogen) atoms. The number of fused-ring (bicyclic) bond motifs is 1. The molecule has 0 aliphatic carbocycles. The van der Waals surface area contributed by atoms with Crippen LogP contribution in [0.2, 0.25) is 0 Å². The van der Waals surface area contributed by atoms with Gasteiger partial charge >= 0.3 is 0 Å². The van der Waals surface area contributed by atoms with Gasteiger partial charge in [0.05, 0.1) is 23.1 Å². The van der Waals surface area contributed by atoms with Crippen LogP contribution in [0, 0.1) is 0 Å². The Morgan fingerprint density at radius 3 is 1.83 bits per heavy atom. The lowest BCUT2D eigenvalue weighted by molar-refractivity contribution is -0.310. The van der Waals surface area contributed by atoms with Gasteiger partial charge in [-0.05, 0) is 82.1 Å². The summed E-state index contributed by atoms with van der Waals surface area (Å²) in [5.74, 6) is -2.26. The number of halogens is 4. The molecule has 1 atom stereocenters. The summed E-state index contributed by atoms with van der Waals surface area (Å²) in [6.07, 6.45) is 1.95. The molecule has 5 nitrogen and oxygen atoms in total. The molecule has 2 amide bonds. The van der Waals surface area contributed by atoms with Crippen molar-refractivity contribution in [3.63, 3.8) is 0 Å². The van der Waals surface area contributed by atoms with Gasteiger partial charge in [-0.1, -0.05) is 0 Å². The lowest BCUT2D eigenvalue weighted by Gasteiger charge is -2.26. The number of aliphatic carboxylic acids is 1. The van der Waals surface area contributed by atoms with Gasteiger partial charge in [-0.2, -0.15) is 11.8 Å². The second kappa shape index (κ2) is 7.55. The van der Waals surface area contributed by atoms with Crippen molar-refractivity contribution in [1.29, 1.82) is 0 Å². The van der Waals surface area contributed by atoms with Gasteiger partial charge in [0.2, 0.25) is 0 Å². The van der Waals surface area contributed by atoms with Crippen LogP contribution in [0.25, 0.3) is 0 Å². The summed E-state index contributed by atoms with van der Waals surface area (Å²) in [7, 11) is 0. The van der Waals surface area contributed by atoms with Crippen molar-refractivity contribution in [2.45, 2.75) is 12.5 Å². The number of amides is 2. The number of imide groups is 1. The van der Waals surface area contributed by atoms with E-state index in [4.69, 9.17) is 0 Å². The number of hydrogen-bond donors (Lipinski definition) is 0. The number of benzene rings is 1. The fourth-order valence-corrected chi connectivity index (χ4v) is 5.15. The van der Waals surface area contributed by atoms with Crippen molar-refractivity contribution < 1.29 is 19.5 Å². The summed E-state index contributed by atoms with van der Waals surface area (Å²) in [6.45, 7) is 0. The molecular weight excluding hydrogens is 586 g/mol. The molecule has 0 aromatic heterocycles. The first-order chi connectivity index (χ1) is 10.7. The Bertz CT molecular complexity index is 678. The molecule has 0 saturated heterocycles. The fourth-order valence-electron chi connectivity index (χ4n) is 2.23. The monoisotopic (exact) mass is 590 g/mol. The standard InChI is InChI=1S/C13H9Br4NO4S/c1-23-3-2-4(13(21)22)18-11(19)5-6(12(18)20)8(15)10(17)9(16)7(5)14/h4H,2-3H2,1H3,(H,21,22)/p-1. The topological polar surface area (TPSA) is 77.5 Å². The molecule has 0 radical (unpaired) electrons. The average molecular weight is 594 g/mol. The minimum Gasteiger partial charge on any atom is -0.548 e. The normalized spacial score (nSPS) is 15.1. The minimum atomic E-state index is -1.45. The highest BCUT2D eigenvalue weighted by Gasteiger charge is 2.44. The number of nitrogens with zero attached hydrogens (tertiary/aromatic N) is 1. The quantitative estimate of drug-likeness (QED) is 0.298. The zero-order chi connectivity index (χ0) is 17.5. The van der Waals surface area contributed by atoms with Gasteiger partial charge in [0, 0.05) is 17.9 Å². The van der Waals surface area contributed by atoms with Crippen molar-refractivity contribution in [2.75, 3.05) is 12.0 Å². The van der Waals surface area contributed by atoms with Crippen molar-refractivity contribution in [2.24, 2.45) is 0 Å². The van der Waals surface area contributed by atoms with E-state index < -0.39 is 23.8 Å². The van der Waals surface area contributed by atoms with Gasteiger partial charge < -0.3 is 9.90 Å². The number of carboxylic acid groups (broad SMARTS) is 1. The molecule has 0 saturated carbocycles. The summed E-state index contributed by atoms with van der Waals surface area (Å²) in [5.41, 5.74) is 0.264. The highest BCUT2D eigenvalue weighted by molar-refractivity contribution is 9.15. The Labute approximate surface area is 170 Å². The Morgan fingerprint density at radius 1 is 1.04 bits per heavy atom. The van der Waals surface area contributed by atoms with Crippen LogP contribution >= 0.6 is 75.5 Å². The van der Waals surface area contributed by atoms with Gasteiger partial charge in [-0.25, -0.2) is 0 Å². The van der Waals surface area contributed by atoms with E-state index in [-0.39, 0.29) is 17.5 Å². The highest BCUT2D eigenvalue weighted by atomic mass is 79.9. The predicted molar refractivity (Wildman–Crippen MR) is 99.5 cm³/mol. The second-order valence-electron chi connectivity index (χ2n) is 4.60. The molecule has 0 spiro atoms. The van der Waals surface area contributed by atoms with E-state index in [1.165, 1.54) is 11.8 Å². The maximum absolute atomic E-state index is 12.7. The van der Waals surface area contributed by atoms with E-state index in [2.05, 4.69) is 63.7 Å². The van der Waals surface area contributed by atoms with Crippen LogP contribution in [-0.2, 0) is 4.79 Å². The van der Waals surface area contributed by atoms with Gasteiger partial charge in [0.15, 0.2) is 0 Å². The molecule has 10 heteroatoms. The zero-order valence-corrected chi connectivity index (χ0v) is 18.7. The first-order valence-electron chi connectivity index (χ1n) is 6.17. The largest absolute Gasteiger partial charge is 0.548 e. The zero-order valence-electron chi connectivity index (χ0n) is 11.5. The van der Waals surface area contributed by atoms with E-state index in [0.29, 0.717) is 23.6 Å². The number of carbonyl (C=O) groups is 3. The molecule has 2 rings (SSSR count). The van der Waals surface area contributed by atoms with Gasteiger partial charge in [0.25, 0.3) is 11.8 Å². The second-order valence-corrected chi connectivity index (χ2v) is 8.76. The Hall–Kier alpha value is 0.1000. The van der Waals surface area contributed by atoms with E-state index in [0.717, 1.165) is 4.90 Å². The fraction of sp³-hybridized carbons (Fsp3) is 0.308. The smallest absolute Gasteiger partial charge is 0.263 e. The lowest BCUT2D eigenvalue weighted by Crippen LogP contribution is -2.50. The first kappa shape index (κ1) is 19.4. The molecule has 124 valence electrons. The number of hydrogen-bond acceptors (Lipinski definition) is 5. The molecule has 0 N–H and O–H groups in total. The summed E-state index contributed by atoms with van der Waals surface area (Å²) in [6, 6.07) is -1.30. The third-order valence-electron chi connectivity index (χ3n) is 3.31. The SMILES string of the molecule is CSCCC(C(=O)[O-])N1C(=O)c2c(Br)c(Br)c(Br)c(Br)c2C1=O. The van der Waals surface area contributed by atoms with Crippen molar-refractivity contribution in [1.82, 2.24) is 4.90 Å². The highest BCUT2D eigenvalue weighted by Crippen LogP contribution is 2.45. The molecule has 0 fully saturated rings. The van der Waals surface area contributed by atoms with Crippen LogP contribution in [0.15, 0.2) is 17.9 Å². The van der Waals surface area contributed by atoms with E-state index in [1.807, 2.05) is 6.26 Å². The maximum Gasteiger partial charge on any atom is 0.263 e. The minimum absolute atomic E-state index is 0.131. The van der Waals surface area contributed by atoms with E-state index >= 15 is 0 Å². The Balaban J connectivity index is 2.59. The first-order valence-corrected chi connectivity index (χ1v) is 10.7. The summed E-state index contributed by atoms with van der Waals surface area (Å²) < 4.78 is 1.90. The van der Waals surface area contributed by atoms with Crippen molar-refractivity contribution in [3.8, 4) is 0 Å². The van der Waals surface area contributed by atoms with Crippen LogP contribution < -0.4 is 5.11 Å². The molecule has 1 unspecified atom stereocenters. The molecule has 1 aliphatic rings. The van der Waals surface area contributed by atoms with Crippen molar-refractivity contribution in [3.05, 3.63) is 29.0 Å². The van der Waals surface area contributed by atoms with Crippen LogP contribution in [0.3, 0.4) is 0 Å². The van der Waals surface area contributed by atoms with Crippen LogP contribution in [0.4, 0.5) is 0 Å². The molecule has 1 aliphatic heterocycles. The summed E-state index contributed by atoms with van der Waals surface area (Å²) >= 11 is 14.6. The molecule has 0 bridgehead atoms. The number of rotatable bonds is 5. The summed E-state index contributed by atoms with van der Waals surface area (Å²) in [4.78, 5) is 37.5. The molecular formula is C13H8Br4NO4S-. The molecule has 1 aromatic rings.